The lowest BCUT2D eigenvalue weighted by Gasteiger charge is -2.05. The Kier molecular flexibility index (Phi) is 15.9. The first kappa shape index (κ1) is 22.9. The molecule has 0 aromatic heterocycles. The van der Waals surface area contributed by atoms with Crippen molar-refractivity contribution in [2.24, 2.45) is 0 Å². The minimum Gasteiger partial charge on any atom is -0.465 e. The molecule has 0 rings (SSSR count). The maximum atomic E-state index is 11.4. The van der Waals surface area contributed by atoms with Crippen LogP contribution >= 0.6 is 0 Å². The maximum Gasteiger partial charge on any atom is 0.310 e. The minimum atomic E-state index is -0.339. The highest BCUT2D eigenvalue weighted by Crippen LogP contribution is 2.12. The second kappa shape index (κ2) is 16.7. The number of carbonyl (C=O) groups is 2. The van der Waals surface area contributed by atoms with Crippen LogP contribution in [0, 0.1) is 0 Å². The first-order valence-corrected chi connectivity index (χ1v) is 9.92. The number of Topliss-reactive ketones (excluding diaryl/α,β-unsaturated/α-hetero) is 1. The molecule has 0 aromatic rings. The van der Waals surface area contributed by atoms with Gasteiger partial charge in [0.25, 0.3) is 0 Å². The molecule has 0 bridgehead atoms. The summed E-state index contributed by atoms with van der Waals surface area (Å²) in [5, 5.41) is 0. The van der Waals surface area contributed by atoms with Crippen molar-refractivity contribution in [3.8, 4) is 0 Å². The molecule has 0 spiro atoms. The Labute approximate surface area is 149 Å². The Morgan fingerprint density at radius 2 is 1.17 bits per heavy atom. The van der Waals surface area contributed by atoms with Gasteiger partial charge in [-0.15, -0.1) is 0 Å². The van der Waals surface area contributed by atoms with Gasteiger partial charge in [0.2, 0.25) is 0 Å². The number of ketones is 1. The lowest BCUT2D eigenvalue weighted by molar-refractivity contribution is -0.143. The van der Waals surface area contributed by atoms with E-state index in [0.29, 0.717) is 12.2 Å². The van der Waals surface area contributed by atoms with Gasteiger partial charge in [-0.25, -0.2) is 0 Å². The Morgan fingerprint density at radius 3 is 1.58 bits per heavy atom. The molecule has 0 heterocycles. The van der Waals surface area contributed by atoms with Gasteiger partial charge in [0.05, 0.1) is 13.0 Å². The van der Waals surface area contributed by atoms with Gasteiger partial charge >= 0.3 is 5.97 Å². The fraction of sp³-hybridized carbons (Fsp3) is 0.810. The summed E-state index contributed by atoms with van der Waals surface area (Å²) in [6, 6.07) is 0. The molecule has 0 N–H and O–H groups in total. The van der Waals surface area contributed by atoms with Crippen molar-refractivity contribution in [1.29, 1.82) is 0 Å². The van der Waals surface area contributed by atoms with Crippen molar-refractivity contribution in [1.82, 2.24) is 0 Å². The van der Waals surface area contributed by atoms with Crippen LogP contribution in [0.5, 0.6) is 0 Å². The average Bonchev–Trinajstić information content (AvgIpc) is 2.55. The Hall–Kier alpha value is -1.12. The summed E-state index contributed by atoms with van der Waals surface area (Å²) in [4.78, 5) is 22.4. The van der Waals surface area contributed by atoms with Gasteiger partial charge < -0.3 is 4.74 Å². The van der Waals surface area contributed by atoms with Crippen molar-refractivity contribution in [2.75, 3.05) is 6.61 Å². The smallest absolute Gasteiger partial charge is 0.310 e. The summed E-state index contributed by atoms with van der Waals surface area (Å²) >= 11 is 0. The topological polar surface area (TPSA) is 43.4 Å². The zero-order valence-electron chi connectivity index (χ0n) is 16.0. The van der Waals surface area contributed by atoms with E-state index < -0.39 is 0 Å². The zero-order valence-corrected chi connectivity index (χ0v) is 16.0. The van der Waals surface area contributed by atoms with E-state index in [-0.39, 0.29) is 18.2 Å². The van der Waals surface area contributed by atoms with Crippen LogP contribution in [0.4, 0.5) is 0 Å². The average molecular weight is 339 g/mol. The van der Waals surface area contributed by atoms with Gasteiger partial charge in [0.15, 0.2) is 5.78 Å². The summed E-state index contributed by atoms with van der Waals surface area (Å²) < 4.78 is 5.11. The van der Waals surface area contributed by atoms with Gasteiger partial charge in [-0.2, -0.15) is 0 Å². The highest BCUT2D eigenvalue weighted by molar-refractivity contribution is 5.96. The van der Waals surface area contributed by atoms with Crippen molar-refractivity contribution in [3.63, 3.8) is 0 Å². The molecule has 0 unspecified atom stereocenters. The van der Waals surface area contributed by atoms with Crippen LogP contribution in [0.15, 0.2) is 12.2 Å². The quantitative estimate of drug-likeness (QED) is 0.181. The van der Waals surface area contributed by atoms with Crippen LogP contribution in [0.2, 0.25) is 0 Å². The number of carbonyl (C=O) groups excluding carboxylic acids is 2. The number of unbranched alkanes of at least 4 members (excludes halogenated alkanes) is 12. The van der Waals surface area contributed by atoms with Gasteiger partial charge in [-0.05, 0) is 18.9 Å². The summed E-state index contributed by atoms with van der Waals surface area (Å²) in [5.74, 6) is -0.484. The largest absolute Gasteiger partial charge is 0.465 e. The Bertz CT molecular complexity index is 347. The molecule has 24 heavy (non-hydrogen) atoms. The Morgan fingerprint density at radius 1 is 0.750 bits per heavy atom. The van der Waals surface area contributed by atoms with Gasteiger partial charge in [0.1, 0.15) is 0 Å². The molecule has 0 fully saturated rings. The second-order valence-corrected chi connectivity index (χ2v) is 6.80. The molecule has 0 aliphatic carbocycles. The molecule has 0 aliphatic rings. The molecule has 140 valence electrons. The Balaban J connectivity index is 3.21. The number of hydrogen-bond acceptors (Lipinski definition) is 3. The standard InChI is InChI=1S/C21H38O3/c1-4-5-6-7-8-9-10-11-12-13-14-15-16-17-24-21(23)18-19(2)20(3)22/h2,4-18H2,1,3H3. The fourth-order valence-corrected chi connectivity index (χ4v) is 2.66. The molecule has 0 atom stereocenters. The first-order chi connectivity index (χ1) is 11.6. The van der Waals surface area contributed by atoms with Crippen molar-refractivity contribution in [2.45, 2.75) is 104 Å². The normalized spacial score (nSPS) is 10.6. The van der Waals surface area contributed by atoms with Gasteiger partial charge in [0, 0.05) is 0 Å². The summed E-state index contributed by atoms with van der Waals surface area (Å²) in [5.41, 5.74) is 0.324. The third-order valence-corrected chi connectivity index (χ3v) is 4.37. The van der Waals surface area contributed by atoms with Crippen molar-refractivity contribution in [3.05, 3.63) is 12.2 Å². The van der Waals surface area contributed by atoms with E-state index in [1.807, 2.05) is 0 Å². The first-order valence-electron chi connectivity index (χ1n) is 9.92. The number of rotatable bonds is 17. The molecule has 0 aliphatic heterocycles. The summed E-state index contributed by atoms with van der Waals surface area (Å²) in [7, 11) is 0. The van der Waals surface area contributed by atoms with E-state index in [4.69, 9.17) is 4.74 Å². The van der Waals surface area contributed by atoms with Crippen LogP contribution in [0.3, 0.4) is 0 Å². The van der Waals surface area contributed by atoms with Crippen LogP contribution in [-0.4, -0.2) is 18.4 Å². The fourth-order valence-electron chi connectivity index (χ4n) is 2.66. The lowest BCUT2D eigenvalue weighted by atomic mass is 10.0. The zero-order chi connectivity index (χ0) is 18.0. The van der Waals surface area contributed by atoms with E-state index >= 15 is 0 Å². The van der Waals surface area contributed by atoms with E-state index in [1.54, 1.807) is 0 Å². The summed E-state index contributed by atoms with van der Waals surface area (Å²) in [6.45, 7) is 7.70. The van der Waals surface area contributed by atoms with E-state index in [0.717, 1.165) is 12.8 Å². The van der Waals surface area contributed by atoms with Crippen LogP contribution < -0.4 is 0 Å². The number of hydrogen-bond donors (Lipinski definition) is 0. The minimum absolute atomic E-state index is 0.0216. The third-order valence-electron chi connectivity index (χ3n) is 4.37. The van der Waals surface area contributed by atoms with E-state index in [9.17, 15) is 9.59 Å². The van der Waals surface area contributed by atoms with E-state index in [2.05, 4.69) is 13.5 Å². The molecule has 0 saturated heterocycles. The molecule has 0 saturated carbocycles. The monoisotopic (exact) mass is 338 g/mol. The second-order valence-electron chi connectivity index (χ2n) is 6.80. The highest BCUT2D eigenvalue weighted by atomic mass is 16.5. The SMILES string of the molecule is C=C(CC(=O)OCCCCCCCCCCCCCCC)C(C)=O. The number of ether oxygens (including phenoxy) is 1. The maximum absolute atomic E-state index is 11.4. The molecule has 0 radical (unpaired) electrons. The van der Waals surface area contributed by atoms with Gasteiger partial charge in [-0.1, -0.05) is 90.6 Å². The lowest BCUT2D eigenvalue weighted by Crippen LogP contribution is -2.09. The molecular weight excluding hydrogens is 300 g/mol. The summed E-state index contributed by atoms with van der Waals surface area (Å²) in [6.07, 6.45) is 16.9. The molecule has 0 aromatic carbocycles. The number of esters is 1. The van der Waals surface area contributed by atoms with Gasteiger partial charge in [-0.3, -0.25) is 9.59 Å². The van der Waals surface area contributed by atoms with Crippen LogP contribution in [-0.2, 0) is 14.3 Å². The molecule has 0 amide bonds. The predicted molar refractivity (Wildman–Crippen MR) is 101 cm³/mol. The molecule has 3 nitrogen and oxygen atoms in total. The van der Waals surface area contributed by atoms with Crippen LogP contribution in [0.25, 0.3) is 0 Å². The molecule has 3 heteroatoms. The van der Waals surface area contributed by atoms with Crippen molar-refractivity contribution < 1.29 is 14.3 Å². The highest BCUT2D eigenvalue weighted by Gasteiger charge is 2.08. The van der Waals surface area contributed by atoms with Crippen molar-refractivity contribution >= 4 is 11.8 Å². The third kappa shape index (κ3) is 15.8. The van der Waals surface area contributed by atoms with E-state index in [1.165, 1.54) is 77.6 Å². The predicted octanol–water partition coefficient (Wildman–Crippen LogP) is 6.16. The molecular formula is C21H38O3. The van der Waals surface area contributed by atoms with Crippen LogP contribution in [0.1, 0.15) is 104 Å².